The van der Waals surface area contributed by atoms with Crippen LogP contribution in [-0.4, -0.2) is 39.2 Å². The van der Waals surface area contributed by atoms with Gasteiger partial charge in [0.1, 0.15) is 0 Å². The maximum absolute atomic E-state index is 9.42. The van der Waals surface area contributed by atoms with Gasteiger partial charge in [0.05, 0.1) is 17.8 Å². The molecule has 1 aliphatic rings. The highest BCUT2D eigenvalue weighted by Gasteiger charge is 2.25. The number of likely N-dealkylation sites (tertiary alicyclic amines) is 1. The van der Waals surface area contributed by atoms with Gasteiger partial charge in [0.25, 0.3) is 0 Å². The number of β-amino-alcohol motifs (C(OH)–C–C–N with tert-alkyl or cyclic N) is 1. The van der Waals surface area contributed by atoms with Crippen molar-refractivity contribution < 1.29 is 5.11 Å². The Balaban J connectivity index is 2.05. The number of aromatic nitrogens is 2. The Morgan fingerprint density at radius 2 is 2.43 bits per heavy atom. The minimum atomic E-state index is -0.172. The number of hydrogen-bond acceptors (Lipinski definition) is 4. The summed E-state index contributed by atoms with van der Waals surface area (Å²) in [5.41, 5.74) is 0.974. The molecule has 0 spiro atoms. The van der Waals surface area contributed by atoms with E-state index in [1.54, 1.807) is 18.6 Å². The van der Waals surface area contributed by atoms with Gasteiger partial charge in [-0.3, -0.25) is 14.9 Å². The summed E-state index contributed by atoms with van der Waals surface area (Å²) in [6.45, 7) is 3.79. The lowest BCUT2D eigenvalue weighted by Gasteiger charge is -2.22. The summed E-state index contributed by atoms with van der Waals surface area (Å²) in [4.78, 5) is 10.5. The van der Waals surface area contributed by atoms with E-state index in [0.29, 0.717) is 0 Å². The Hall–Kier alpha value is -1.00. The molecule has 0 bridgehead atoms. The van der Waals surface area contributed by atoms with Gasteiger partial charge in [0, 0.05) is 31.7 Å². The number of hydrogen-bond donors (Lipinski definition) is 1. The van der Waals surface area contributed by atoms with Crippen molar-refractivity contribution in [2.45, 2.75) is 25.5 Å². The lowest BCUT2D eigenvalue weighted by molar-refractivity contribution is 0.162. The maximum Gasteiger partial charge on any atom is 0.0755 e. The monoisotopic (exact) mass is 193 g/mol. The fourth-order valence-corrected chi connectivity index (χ4v) is 1.83. The summed E-state index contributed by atoms with van der Waals surface area (Å²) in [7, 11) is 0. The molecule has 1 aromatic rings. The van der Waals surface area contributed by atoms with Gasteiger partial charge in [-0.05, 0) is 13.3 Å². The summed E-state index contributed by atoms with van der Waals surface area (Å²) < 4.78 is 0. The molecule has 0 radical (unpaired) electrons. The van der Waals surface area contributed by atoms with E-state index in [1.165, 1.54) is 0 Å². The molecular weight excluding hydrogens is 178 g/mol. The Morgan fingerprint density at radius 3 is 3.00 bits per heavy atom. The van der Waals surface area contributed by atoms with Crippen LogP contribution in [0, 0.1) is 0 Å². The lowest BCUT2D eigenvalue weighted by atomic mass is 10.2. The van der Waals surface area contributed by atoms with Crippen molar-refractivity contribution in [2.75, 3.05) is 13.1 Å². The summed E-state index contributed by atoms with van der Waals surface area (Å²) in [5, 5.41) is 9.42. The molecule has 2 heterocycles. The van der Waals surface area contributed by atoms with Crippen LogP contribution >= 0.6 is 0 Å². The van der Waals surface area contributed by atoms with Crippen LogP contribution in [0.15, 0.2) is 18.6 Å². The fourth-order valence-electron chi connectivity index (χ4n) is 1.83. The van der Waals surface area contributed by atoms with Gasteiger partial charge in [-0.2, -0.15) is 0 Å². The Kier molecular flexibility index (Phi) is 2.74. The summed E-state index contributed by atoms with van der Waals surface area (Å²) in [5.74, 6) is 0. The minimum Gasteiger partial charge on any atom is -0.392 e. The summed E-state index contributed by atoms with van der Waals surface area (Å²) in [6.07, 6.45) is 5.86. The molecule has 4 heteroatoms. The lowest BCUT2D eigenvalue weighted by Crippen LogP contribution is -2.26. The van der Waals surface area contributed by atoms with Crippen molar-refractivity contribution in [3.8, 4) is 0 Å². The first-order chi connectivity index (χ1) is 6.77. The van der Waals surface area contributed by atoms with E-state index in [2.05, 4.69) is 21.8 Å². The second kappa shape index (κ2) is 4.02. The third-order valence-electron chi connectivity index (χ3n) is 2.75. The molecule has 0 unspecified atom stereocenters. The van der Waals surface area contributed by atoms with Crippen LogP contribution in [0.25, 0.3) is 0 Å². The highest BCUT2D eigenvalue weighted by atomic mass is 16.3. The van der Waals surface area contributed by atoms with E-state index >= 15 is 0 Å². The first-order valence-corrected chi connectivity index (χ1v) is 4.95. The van der Waals surface area contributed by atoms with E-state index in [1.807, 2.05) is 0 Å². The topological polar surface area (TPSA) is 49.2 Å². The predicted molar refractivity (Wildman–Crippen MR) is 52.6 cm³/mol. The van der Waals surface area contributed by atoms with Crippen molar-refractivity contribution in [3.05, 3.63) is 24.3 Å². The number of aliphatic hydroxyl groups excluding tert-OH is 1. The molecule has 1 aliphatic heterocycles. The Labute approximate surface area is 83.6 Å². The minimum absolute atomic E-state index is 0.172. The van der Waals surface area contributed by atoms with Crippen LogP contribution in [0.4, 0.5) is 0 Å². The second-order valence-corrected chi connectivity index (χ2v) is 3.74. The van der Waals surface area contributed by atoms with Crippen LogP contribution in [0.3, 0.4) is 0 Å². The summed E-state index contributed by atoms with van der Waals surface area (Å²) >= 11 is 0. The zero-order chi connectivity index (χ0) is 9.97. The van der Waals surface area contributed by atoms with E-state index < -0.39 is 0 Å². The molecule has 0 aliphatic carbocycles. The predicted octanol–water partition coefficient (Wildman–Crippen LogP) is 0.604. The zero-order valence-corrected chi connectivity index (χ0v) is 8.30. The number of aliphatic hydroxyl groups is 1. The normalized spacial score (nSPS) is 25.1. The van der Waals surface area contributed by atoms with Crippen molar-refractivity contribution in [1.82, 2.24) is 14.9 Å². The van der Waals surface area contributed by atoms with Gasteiger partial charge in [-0.15, -0.1) is 0 Å². The van der Waals surface area contributed by atoms with Crippen molar-refractivity contribution in [2.24, 2.45) is 0 Å². The van der Waals surface area contributed by atoms with Gasteiger partial charge < -0.3 is 5.11 Å². The molecule has 1 saturated heterocycles. The van der Waals surface area contributed by atoms with E-state index in [9.17, 15) is 5.11 Å². The molecule has 1 fully saturated rings. The first-order valence-electron chi connectivity index (χ1n) is 4.95. The van der Waals surface area contributed by atoms with Gasteiger partial charge >= 0.3 is 0 Å². The van der Waals surface area contributed by atoms with Crippen LogP contribution in [0.5, 0.6) is 0 Å². The van der Waals surface area contributed by atoms with Crippen LogP contribution in [-0.2, 0) is 0 Å². The molecule has 14 heavy (non-hydrogen) atoms. The highest BCUT2D eigenvalue weighted by Crippen LogP contribution is 2.22. The van der Waals surface area contributed by atoms with Crippen LogP contribution in [0.2, 0.25) is 0 Å². The largest absolute Gasteiger partial charge is 0.392 e. The first kappa shape index (κ1) is 9.55. The molecule has 0 aromatic carbocycles. The van der Waals surface area contributed by atoms with Gasteiger partial charge in [0.15, 0.2) is 0 Å². The fraction of sp³-hybridized carbons (Fsp3) is 0.600. The SMILES string of the molecule is C[C@@H](c1cnccn1)N1CC[C@H](O)C1. The third kappa shape index (κ3) is 1.91. The zero-order valence-electron chi connectivity index (χ0n) is 8.30. The van der Waals surface area contributed by atoms with E-state index in [-0.39, 0.29) is 12.1 Å². The Morgan fingerprint density at radius 1 is 1.57 bits per heavy atom. The average Bonchev–Trinajstić information content (AvgIpc) is 2.65. The molecule has 2 atom stereocenters. The standard InChI is InChI=1S/C10H15N3O/c1-8(10-6-11-3-4-12-10)13-5-2-9(14)7-13/h3-4,6,8-9,14H,2,5,7H2,1H3/t8-,9-/m0/s1. The molecular formula is C10H15N3O. The van der Waals surface area contributed by atoms with Crippen molar-refractivity contribution >= 4 is 0 Å². The molecule has 1 aromatic heterocycles. The molecule has 0 saturated carbocycles. The highest BCUT2D eigenvalue weighted by molar-refractivity contribution is 5.02. The third-order valence-corrected chi connectivity index (χ3v) is 2.75. The molecule has 0 amide bonds. The van der Waals surface area contributed by atoms with Crippen LogP contribution < -0.4 is 0 Å². The smallest absolute Gasteiger partial charge is 0.0755 e. The van der Waals surface area contributed by atoms with Gasteiger partial charge in [-0.1, -0.05) is 0 Å². The average molecular weight is 193 g/mol. The second-order valence-electron chi connectivity index (χ2n) is 3.74. The number of rotatable bonds is 2. The number of nitrogens with zero attached hydrogens (tertiary/aromatic N) is 3. The van der Waals surface area contributed by atoms with Crippen molar-refractivity contribution in [1.29, 1.82) is 0 Å². The molecule has 76 valence electrons. The molecule has 1 N–H and O–H groups in total. The maximum atomic E-state index is 9.42. The van der Waals surface area contributed by atoms with Gasteiger partial charge in [-0.25, -0.2) is 0 Å². The quantitative estimate of drug-likeness (QED) is 0.747. The molecule has 2 rings (SSSR count). The van der Waals surface area contributed by atoms with Crippen LogP contribution in [0.1, 0.15) is 25.1 Å². The summed E-state index contributed by atoms with van der Waals surface area (Å²) in [6, 6.07) is 0.251. The Bertz CT molecular complexity index is 291. The van der Waals surface area contributed by atoms with E-state index in [0.717, 1.165) is 25.2 Å². The molecule has 4 nitrogen and oxygen atoms in total. The van der Waals surface area contributed by atoms with Gasteiger partial charge in [0.2, 0.25) is 0 Å². The van der Waals surface area contributed by atoms with E-state index in [4.69, 9.17) is 0 Å². The van der Waals surface area contributed by atoms with Crippen molar-refractivity contribution in [3.63, 3.8) is 0 Å².